The minimum absolute atomic E-state index is 0.0323. The Kier molecular flexibility index (Phi) is 6.13. The molecule has 5 heteroatoms. The molecule has 2 saturated heterocycles. The minimum Gasteiger partial charge on any atom is -0.369 e. The van der Waals surface area contributed by atoms with Crippen molar-refractivity contribution in [2.75, 3.05) is 44.2 Å². The van der Waals surface area contributed by atoms with Gasteiger partial charge in [-0.25, -0.2) is 0 Å². The predicted molar refractivity (Wildman–Crippen MR) is 109 cm³/mol. The van der Waals surface area contributed by atoms with E-state index in [9.17, 15) is 4.79 Å². The number of hydrogen-bond acceptors (Lipinski definition) is 3. The molecule has 1 amide bonds. The molecule has 0 aromatic heterocycles. The van der Waals surface area contributed by atoms with Gasteiger partial charge >= 0.3 is 0 Å². The molecular weight excluding hydrogens is 346 g/mol. The number of halogens is 1. The van der Waals surface area contributed by atoms with Crippen LogP contribution in [0.2, 0.25) is 5.02 Å². The summed E-state index contributed by atoms with van der Waals surface area (Å²) in [5.41, 5.74) is 2.47. The van der Waals surface area contributed by atoms with Crippen LogP contribution in [0.4, 0.5) is 5.69 Å². The Morgan fingerprint density at radius 1 is 1.12 bits per heavy atom. The number of amides is 1. The molecule has 2 fully saturated rings. The van der Waals surface area contributed by atoms with Crippen molar-refractivity contribution >= 4 is 23.2 Å². The van der Waals surface area contributed by atoms with Gasteiger partial charge in [-0.15, -0.1) is 0 Å². The maximum absolute atomic E-state index is 13.0. The first-order valence-corrected chi connectivity index (χ1v) is 10.3. The predicted octanol–water partition coefficient (Wildman–Crippen LogP) is 3.66. The summed E-state index contributed by atoms with van der Waals surface area (Å²) < 4.78 is 0. The lowest BCUT2D eigenvalue weighted by atomic mass is 9.91. The maximum Gasteiger partial charge on any atom is 0.239 e. The second-order valence-electron chi connectivity index (χ2n) is 8.32. The smallest absolute Gasteiger partial charge is 0.239 e. The van der Waals surface area contributed by atoms with Crippen LogP contribution in [0.15, 0.2) is 18.2 Å². The van der Waals surface area contributed by atoms with Gasteiger partial charge in [0, 0.05) is 50.0 Å². The molecule has 4 nitrogen and oxygen atoms in total. The summed E-state index contributed by atoms with van der Waals surface area (Å²) in [5.74, 6) is 1.52. The van der Waals surface area contributed by atoms with Crippen LogP contribution in [0.1, 0.15) is 32.8 Å². The minimum atomic E-state index is -0.0323. The SMILES string of the molecule is Cc1ccc(Cl)cc1N1CCN([C@@H](C)C(=O)N2C[C@@H](C)C[C@H](C)C2)CC1. The van der Waals surface area contributed by atoms with E-state index >= 15 is 0 Å². The van der Waals surface area contributed by atoms with E-state index in [1.807, 2.05) is 6.07 Å². The third-order valence-electron chi connectivity index (χ3n) is 5.91. The average molecular weight is 378 g/mol. The lowest BCUT2D eigenvalue weighted by molar-refractivity contribution is -0.139. The third kappa shape index (κ3) is 4.34. The Morgan fingerprint density at radius 3 is 2.35 bits per heavy atom. The van der Waals surface area contributed by atoms with Crippen LogP contribution in [-0.4, -0.2) is 61.0 Å². The lowest BCUT2D eigenvalue weighted by Crippen LogP contribution is -2.56. The molecule has 0 aliphatic carbocycles. The molecule has 144 valence electrons. The van der Waals surface area contributed by atoms with Crippen LogP contribution >= 0.6 is 11.6 Å². The lowest BCUT2D eigenvalue weighted by Gasteiger charge is -2.42. The molecule has 2 aliphatic heterocycles. The van der Waals surface area contributed by atoms with Crippen LogP contribution in [0.5, 0.6) is 0 Å². The van der Waals surface area contributed by atoms with Crippen LogP contribution in [0.3, 0.4) is 0 Å². The summed E-state index contributed by atoms with van der Waals surface area (Å²) in [4.78, 5) is 19.8. The normalized spacial score (nSPS) is 26.0. The Balaban J connectivity index is 1.58. The fraction of sp³-hybridized carbons (Fsp3) is 0.667. The van der Waals surface area contributed by atoms with Crippen molar-refractivity contribution in [2.24, 2.45) is 11.8 Å². The Labute approximate surface area is 163 Å². The maximum atomic E-state index is 13.0. The number of carbonyl (C=O) groups is 1. The van der Waals surface area contributed by atoms with Gasteiger partial charge in [0.2, 0.25) is 5.91 Å². The first-order chi connectivity index (χ1) is 12.3. The molecule has 0 N–H and O–H groups in total. The zero-order chi connectivity index (χ0) is 18.8. The zero-order valence-corrected chi connectivity index (χ0v) is 17.3. The van der Waals surface area contributed by atoms with E-state index in [2.05, 4.69) is 54.5 Å². The zero-order valence-electron chi connectivity index (χ0n) is 16.5. The first kappa shape index (κ1) is 19.5. The van der Waals surface area contributed by atoms with Crippen LogP contribution in [0.25, 0.3) is 0 Å². The molecular formula is C21H32ClN3O. The Morgan fingerprint density at radius 2 is 1.73 bits per heavy atom. The molecule has 0 unspecified atom stereocenters. The van der Waals surface area contributed by atoms with Gasteiger partial charge in [-0.1, -0.05) is 31.5 Å². The topological polar surface area (TPSA) is 26.8 Å². The van der Waals surface area contributed by atoms with Crippen LogP contribution < -0.4 is 4.90 Å². The number of rotatable bonds is 3. The molecule has 2 heterocycles. The van der Waals surface area contributed by atoms with E-state index in [4.69, 9.17) is 11.6 Å². The highest BCUT2D eigenvalue weighted by Gasteiger charge is 2.32. The van der Waals surface area contributed by atoms with Gasteiger partial charge in [0.15, 0.2) is 0 Å². The number of piperazine rings is 1. The van der Waals surface area contributed by atoms with Gasteiger partial charge in [-0.2, -0.15) is 0 Å². The molecule has 0 radical (unpaired) electrons. The number of piperidine rings is 1. The number of anilines is 1. The monoisotopic (exact) mass is 377 g/mol. The van der Waals surface area contributed by atoms with E-state index in [-0.39, 0.29) is 6.04 Å². The van der Waals surface area contributed by atoms with Gasteiger partial charge in [0.1, 0.15) is 0 Å². The van der Waals surface area contributed by atoms with Gasteiger partial charge in [0.25, 0.3) is 0 Å². The number of nitrogens with zero attached hydrogens (tertiary/aromatic N) is 3. The standard InChI is InChI=1S/C21H32ClN3O/c1-15-11-16(2)14-25(13-15)21(26)18(4)23-7-9-24(10-8-23)20-12-19(22)6-5-17(20)3/h5-6,12,15-16,18H,7-11,13-14H2,1-4H3/t15-,16-,18-/m0/s1. The van der Waals surface area contributed by atoms with Crippen molar-refractivity contribution in [3.8, 4) is 0 Å². The highest BCUT2D eigenvalue weighted by molar-refractivity contribution is 6.30. The molecule has 2 aliphatic rings. The molecule has 26 heavy (non-hydrogen) atoms. The number of likely N-dealkylation sites (tertiary alicyclic amines) is 1. The van der Waals surface area contributed by atoms with Crippen LogP contribution in [0, 0.1) is 18.8 Å². The molecule has 1 aromatic rings. The van der Waals surface area contributed by atoms with E-state index in [0.717, 1.165) is 44.3 Å². The molecule has 0 bridgehead atoms. The molecule has 0 saturated carbocycles. The second kappa shape index (κ2) is 8.18. The second-order valence-corrected chi connectivity index (χ2v) is 8.76. The van der Waals surface area contributed by atoms with Gasteiger partial charge in [-0.05, 0) is 49.8 Å². The molecule has 3 atom stereocenters. The van der Waals surface area contributed by atoms with E-state index < -0.39 is 0 Å². The highest BCUT2D eigenvalue weighted by Crippen LogP contribution is 2.26. The molecule has 1 aromatic carbocycles. The van der Waals surface area contributed by atoms with Crippen molar-refractivity contribution in [2.45, 2.75) is 40.2 Å². The molecule has 3 rings (SSSR count). The first-order valence-electron chi connectivity index (χ1n) is 9.89. The van der Waals surface area contributed by atoms with E-state index in [1.165, 1.54) is 17.7 Å². The fourth-order valence-electron chi connectivity index (χ4n) is 4.54. The Bertz CT molecular complexity index is 632. The average Bonchev–Trinajstić information content (AvgIpc) is 2.62. The van der Waals surface area contributed by atoms with Crippen molar-refractivity contribution in [3.05, 3.63) is 28.8 Å². The summed E-state index contributed by atoms with van der Waals surface area (Å²) >= 11 is 6.18. The quantitative estimate of drug-likeness (QED) is 0.804. The van der Waals surface area contributed by atoms with Gasteiger partial charge < -0.3 is 9.80 Å². The summed E-state index contributed by atoms with van der Waals surface area (Å²) in [7, 11) is 0. The molecule has 0 spiro atoms. The third-order valence-corrected chi connectivity index (χ3v) is 6.15. The van der Waals surface area contributed by atoms with E-state index in [1.54, 1.807) is 0 Å². The fourth-order valence-corrected chi connectivity index (χ4v) is 4.70. The number of aryl methyl sites for hydroxylation is 1. The summed E-state index contributed by atoms with van der Waals surface area (Å²) in [6.07, 6.45) is 1.23. The van der Waals surface area contributed by atoms with Crippen molar-refractivity contribution in [1.82, 2.24) is 9.80 Å². The van der Waals surface area contributed by atoms with Crippen LogP contribution in [-0.2, 0) is 4.79 Å². The van der Waals surface area contributed by atoms with Crippen molar-refractivity contribution in [3.63, 3.8) is 0 Å². The summed E-state index contributed by atoms with van der Waals surface area (Å²) in [5, 5.41) is 0.782. The summed E-state index contributed by atoms with van der Waals surface area (Å²) in [6.45, 7) is 14.2. The van der Waals surface area contributed by atoms with Gasteiger partial charge in [-0.3, -0.25) is 9.69 Å². The highest BCUT2D eigenvalue weighted by atomic mass is 35.5. The number of hydrogen-bond donors (Lipinski definition) is 0. The Hall–Kier alpha value is -1.26. The number of benzene rings is 1. The van der Waals surface area contributed by atoms with Gasteiger partial charge in [0.05, 0.1) is 6.04 Å². The van der Waals surface area contributed by atoms with Crippen molar-refractivity contribution in [1.29, 1.82) is 0 Å². The largest absolute Gasteiger partial charge is 0.369 e. The summed E-state index contributed by atoms with van der Waals surface area (Å²) in [6, 6.07) is 6.04. The number of carbonyl (C=O) groups excluding carboxylic acids is 1. The van der Waals surface area contributed by atoms with Crippen molar-refractivity contribution < 1.29 is 4.79 Å². The van der Waals surface area contributed by atoms with E-state index in [0.29, 0.717) is 17.7 Å².